The minimum absolute atomic E-state index is 0.116. The number of likely N-dealkylation sites (tertiary alicyclic amines) is 1. The Morgan fingerprint density at radius 1 is 1.50 bits per heavy atom. The lowest BCUT2D eigenvalue weighted by atomic mass is 10.1. The lowest BCUT2D eigenvalue weighted by Crippen LogP contribution is -2.33. The summed E-state index contributed by atoms with van der Waals surface area (Å²) < 4.78 is 0. The molecule has 1 fully saturated rings. The van der Waals surface area contributed by atoms with Gasteiger partial charge in [-0.1, -0.05) is 31.5 Å². The molecule has 18 heavy (non-hydrogen) atoms. The smallest absolute Gasteiger partial charge is 0.321 e. The minimum atomic E-state index is -0.373. The van der Waals surface area contributed by atoms with Crippen molar-refractivity contribution in [1.29, 1.82) is 0 Å². The fourth-order valence-electron chi connectivity index (χ4n) is 2.25. The van der Waals surface area contributed by atoms with Crippen molar-refractivity contribution in [2.45, 2.75) is 32.3 Å². The molecule has 1 saturated heterocycles. The van der Waals surface area contributed by atoms with Gasteiger partial charge in [0.15, 0.2) is 0 Å². The number of hydrogen-bond donors (Lipinski definition) is 2. The Bertz CT molecular complexity index is 420. The maximum atomic E-state index is 12.0. The first kappa shape index (κ1) is 12.9. The number of benzene rings is 1. The molecule has 2 amide bonds. The molecule has 98 valence electrons. The highest BCUT2D eigenvalue weighted by molar-refractivity contribution is 5.90. The Morgan fingerprint density at radius 2 is 2.28 bits per heavy atom. The summed E-state index contributed by atoms with van der Waals surface area (Å²) in [5.74, 6) is 0. The van der Waals surface area contributed by atoms with Crippen LogP contribution in [0.1, 0.15) is 25.3 Å². The van der Waals surface area contributed by atoms with E-state index >= 15 is 0 Å². The van der Waals surface area contributed by atoms with Crippen molar-refractivity contribution < 1.29 is 9.90 Å². The van der Waals surface area contributed by atoms with Gasteiger partial charge in [0.2, 0.25) is 0 Å². The van der Waals surface area contributed by atoms with Crippen LogP contribution in [-0.2, 0) is 6.42 Å². The van der Waals surface area contributed by atoms with E-state index in [4.69, 9.17) is 0 Å². The second kappa shape index (κ2) is 5.87. The topological polar surface area (TPSA) is 52.6 Å². The number of aliphatic hydroxyl groups excluding tert-OH is 1. The molecule has 0 bridgehead atoms. The lowest BCUT2D eigenvalue weighted by molar-refractivity contribution is 0.176. The number of amides is 2. The zero-order valence-corrected chi connectivity index (χ0v) is 10.7. The third kappa shape index (κ3) is 3.01. The number of anilines is 1. The third-order valence-electron chi connectivity index (χ3n) is 3.23. The summed E-state index contributed by atoms with van der Waals surface area (Å²) in [4.78, 5) is 13.7. The van der Waals surface area contributed by atoms with E-state index in [1.54, 1.807) is 4.90 Å². The number of carbonyl (C=O) groups excluding carboxylic acids is 1. The van der Waals surface area contributed by atoms with Crippen LogP contribution in [0.4, 0.5) is 10.5 Å². The molecule has 4 nitrogen and oxygen atoms in total. The molecule has 4 heteroatoms. The highest BCUT2D eigenvalue weighted by Crippen LogP contribution is 2.18. The highest BCUT2D eigenvalue weighted by Gasteiger charge is 2.24. The highest BCUT2D eigenvalue weighted by atomic mass is 16.3. The van der Waals surface area contributed by atoms with Crippen molar-refractivity contribution in [3.8, 4) is 0 Å². The number of hydrogen-bond acceptors (Lipinski definition) is 2. The Labute approximate surface area is 108 Å². The van der Waals surface area contributed by atoms with Gasteiger partial charge in [-0.25, -0.2) is 4.79 Å². The van der Waals surface area contributed by atoms with Gasteiger partial charge in [-0.15, -0.1) is 0 Å². The molecule has 1 aromatic carbocycles. The van der Waals surface area contributed by atoms with Crippen molar-refractivity contribution in [3.63, 3.8) is 0 Å². The number of aliphatic hydroxyl groups is 1. The molecule has 0 radical (unpaired) electrons. The maximum absolute atomic E-state index is 12.0. The first-order valence-electron chi connectivity index (χ1n) is 6.52. The summed E-state index contributed by atoms with van der Waals surface area (Å²) in [6.45, 7) is 3.18. The van der Waals surface area contributed by atoms with Gasteiger partial charge >= 0.3 is 6.03 Å². The number of rotatable bonds is 3. The van der Waals surface area contributed by atoms with Gasteiger partial charge in [0.1, 0.15) is 0 Å². The molecule has 2 rings (SSSR count). The molecule has 0 spiro atoms. The standard InChI is InChI=1S/C14H20N2O2/c1-2-5-11-6-3-4-7-13(11)15-14(18)16-9-8-12(17)10-16/h3-4,6-7,12,17H,2,5,8-10H2,1H3,(H,15,18)/t12-/m0/s1. The number of para-hydroxylation sites is 1. The van der Waals surface area contributed by atoms with Crippen LogP contribution in [0.3, 0.4) is 0 Å². The van der Waals surface area contributed by atoms with E-state index in [9.17, 15) is 9.90 Å². The SMILES string of the molecule is CCCc1ccccc1NC(=O)N1CC[C@H](O)C1. The zero-order valence-electron chi connectivity index (χ0n) is 10.7. The first-order valence-corrected chi connectivity index (χ1v) is 6.52. The van der Waals surface area contributed by atoms with Gasteiger partial charge in [0.05, 0.1) is 6.10 Å². The summed E-state index contributed by atoms with van der Waals surface area (Å²) >= 11 is 0. The molecule has 1 atom stereocenters. The monoisotopic (exact) mass is 248 g/mol. The molecular weight excluding hydrogens is 228 g/mol. The molecule has 1 aliphatic rings. The average molecular weight is 248 g/mol. The minimum Gasteiger partial charge on any atom is -0.391 e. The summed E-state index contributed by atoms with van der Waals surface area (Å²) in [6, 6.07) is 7.76. The predicted molar refractivity (Wildman–Crippen MR) is 71.7 cm³/mol. The van der Waals surface area contributed by atoms with Crippen LogP contribution in [0, 0.1) is 0 Å². The van der Waals surface area contributed by atoms with Gasteiger partial charge in [0.25, 0.3) is 0 Å². The summed E-state index contributed by atoms with van der Waals surface area (Å²) in [5.41, 5.74) is 2.04. The van der Waals surface area contributed by atoms with Crippen LogP contribution < -0.4 is 5.32 Å². The second-order valence-electron chi connectivity index (χ2n) is 4.73. The number of urea groups is 1. The Kier molecular flexibility index (Phi) is 4.20. The Balaban J connectivity index is 2.02. The molecular formula is C14H20N2O2. The van der Waals surface area contributed by atoms with E-state index in [0.717, 1.165) is 24.1 Å². The fourth-order valence-corrected chi connectivity index (χ4v) is 2.25. The number of β-amino-alcohol motifs (C(OH)–C–C–N with tert-alkyl or cyclic N) is 1. The first-order chi connectivity index (χ1) is 8.70. The van der Waals surface area contributed by atoms with Crippen LogP contribution >= 0.6 is 0 Å². The van der Waals surface area contributed by atoms with Crippen LogP contribution in [0.15, 0.2) is 24.3 Å². The van der Waals surface area contributed by atoms with Gasteiger partial charge in [-0.3, -0.25) is 0 Å². The van der Waals surface area contributed by atoms with Gasteiger partial charge < -0.3 is 15.3 Å². The third-order valence-corrected chi connectivity index (χ3v) is 3.23. The largest absolute Gasteiger partial charge is 0.391 e. The quantitative estimate of drug-likeness (QED) is 0.862. The molecule has 1 heterocycles. The van der Waals surface area contributed by atoms with Crippen molar-refractivity contribution >= 4 is 11.7 Å². The average Bonchev–Trinajstić information content (AvgIpc) is 2.79. The summed E-state index contributed by atoms with van der Waals surface area (Å²) in [7, 11) is 0. The molecule has 1 aromatic rings. The Morgan fingerprint density at radius 3 is 2.94 bits per heavy atom. The molecule has 1 aliphatic heterocycles. The predicted octanol–water partition coefficient (Wildman–Crippen LogP) is 2.24. The van der Waals surface area contributed by atoms with E-state index in [0.29, 0.717) is 19.5 Å². The van der Waals surface area contributed by atoms with E-state index in [2.05, 4.69) is 12.2 Å². The molecule has 0 unspecified atom stereocenters. The van der Waals surface area contributed by atoms with Crippen molar-refractivity contribution in [1.82, 2.24) is 4.90 Å². The number of carbonyl (C=O) groups is 1. The maximum Gasteiger partial charge on any atom is 0.321 e. The second-order valence-corrected chi connectivity index (χ2v) is 4.73. The number of nitrogens with one attached hydrogen (secondary N) is 1. The normalized spacial score (nSPS) is 19.0. The van der Waals surface area contributed by atoms with Crippen molar-refractivity contribution in [2.75, 3.05) is 18.4 Å². The molecule has 2 N–H and O–H groups in total. The zero-order chi connectivity index (χ0) is 13.0. The number of nitrogens with zero attached hydrogens (tertiary/aromatic N) is 1. The summed E-state index contributed by atoms with van der Waals surface area (Å²) in [5, 5.41) is 12.4. The Hall–Kier alpha value is -1.55. The van der Waals surface area contributed by atoms with Gasteiger partial charge in [-0.05, 0) is 24.5 Å². The van der Waals surface area contributed by atoms with E-state index in [1.807, 2.05) is 24.3 Å². The number of aryl methyl sites for hydroxylation is 1. The van der Waals surface area contributed by atoms with Crippen molar-refractivity contribution in [2.24, 2.45) is 0 Å². The molecule has 0 saturated carbocycles. The van der Waals surface area contributed by atoms with E-state index in [-0.39, 0.29) is 12.1 Å². The van der Waals surface area contributed by atoms with Crippen LogP contribution in [0.25, 0.3) is 0 Å². The fraction of sp³-hybridized carbons (Fsp3) is 0.500. The van der Waals surface area contributed by atoms with Crippen LogP contribution in [0.5, 0.6) is 0 Å². The lowest BCUT2D eigenvalue weighted by Gasteiger charge is -2.18. The van der Waals surface area contributed by atoms with Crippen molar-refractivity contribution in [3.05, 3.63) is 29.8 Å². The van der Waals surface area contributed by atoms with E-state index < -0.39 is 0 Å². The van der Waals surface area contributed by atoms with Gasteiger partial charge in [0, 0.05) is 18.8 Å². The molecule has 0 aliphatic carbocycles. The molecule has 0 aromatic heterocycles. The van der Waals surface area contributed by atoms with Crippen LogP contribution in [0.2, 0.25) is 0 Å². The van der Waals surface area contributed by atoms with E-state index in [1.165, 1.54) is 0 Å². The van der Waals surface area contributed by atoms with Gasteiger partial charge in [-0.2, -0.15) is 0 Å². The summed E-state index contributed by atoms with van der Waals surface area (Å²) in [6.07, 6.45) is 2.31. The van der Waals surface area contributed by atoms with Crippen LogP contribution in [-0.4, -0.2) is 35.2 Å².